The van der Waals surface area contributed by atoms with Crippen molar-refractivity contribution in [1.29, 1.82) is 0 Å². The molecule has 0 unspecified atom stereocenters. The summed E-state index contributed by atoms with van der Waals surface area (Å²) in [5, 5.41) is 4.83. The van der Waals surface area contributed by atoms with Crippen molar-refractivity contribution in [2.45, 2.75) is 27.3 Å². The Morgan fingerprint density at radius 2 is 2.00 bits per heavy atom. The normalized spacial score (nSPS) is 10.9. The van der Waals surface area contributed by atoms with Gasteiger partial charge in [0.1, 0.15) is 11.4 Å². The van der Waals surface area contributed by atoms with Crippen LogP contribution in [0.3, 0.4) is 0 Å². The van der Waals surface area contributed by atoms with E-state index in [9.17, 15) is 4.79 Å². The SMILES string of the molecule is CCOC(=O)c1c(N(C)Cc2noc(C)n2)nc2ccccc2c1C. The molecule has 0 aliphatic heterocycles. The molecule has 0 aliphatic carbocycles. The lowest BCUT2D eigenvalue weighted by Gasteiger charge is -2.21. The second-order valence-corrected chi connectivity index (χ2v) is 5.76. The van der Waals surface area contributed by atoms with Crippen LogP contribution in [0, 0.1) is 13.8 Å². The number of hydrogen-bond acceptors (Lipinski definition) is 7. The molecule has 0 radical (unpaired) electrons. The van der Waals surface area contributed by atoms with Gasteiger partial charge in [0, 0.05) is 19.4 Å². The predicted octanol–water partition coefficient (Wildman–Crippen LogP) is 3.05. The lowest BCUT2D eigenvalue weighted by atomic mass is 10.0. The third-order valence-corrected chi connectivity index (χ3v) is 3.92. The summed E-state index contributed by atoms with van der Waals surface area (Å²) in [6.07, 6.45) is 0. The van der Waals surface area contributed by atoms with Gasteiger partial charge >= 0.3 is 5.97 Å². The second kappa shape index (κ2) is 6.88. The Morgan fingerprint density at radius 1 is 1.24 bits per heavy atom. The molecule has 25 heavy (non-hydrogen) atoms. The number of pyridine rings is 1. The van der Waals surface area contributed by atoms with Crippen molar-refractivity contribution in [2.75, 3.05) is 18.6 Å². The van der Waals surface area contributed by atoms with E-state index in [0.717, 1.165) is 16.5 Å². The standard InChI is InChI=1S/C18H20N4O3/c1-5-24-18(23)16-11(2)13-8-6-7-9-14(13)20-17(16)22(4)10-15-19-12(3)25-21-15/h6-9H,5,10H2,1-4H3. The number of rotatable bonds is 5. The molecule has 3 rings (SSSR count). The van der Waals surface area contributed by atoms with Gasteiger partial charge in [0.15, 0.2) is 5.82 Å². The van der Waals surface area contributed by atoms with Crippen LogP contribution in [-0.4, -0.2) is 34.7 Å². The first-order valence-corrected chi connectivity index (χ1v) is 8.08. The molecule has 130 valence electrons. The lowest BCUT2D eigenvalue weighted by Crippen LogP contribution is -2.23. The number of anilines is 1. The molecule has 0 aliphatic rings. The Hall–Kier alpha value is -2.96. The Balaban J connectivity index is 2.10. The van der Waals surface area contributed by atoms with Crippen LogP contribution in [0.5, 0.6) is 0 Å². The molecule has 2 aromatic heterocycles. The number of esters is 1. The van der Waals surface area contributed by atoms with Crippen molar-refractivity contribution >= 4 is 22.7 Å². The molecule has 7 heteroatoms. The topological polar surface area (TPSA) is 81.4 Å². The number of fused-ring (bicyclic) bond motifs is 1. The van der Waals surface area contributed by atoms with Gasteiger partial charge in [-0.2, -0.15) is 4.98 Å². The van der Waals surface area contributed by atoms with Gasteiger partial charge in [-0.05, 0) is 25.5 Å². The molecule has 0 bridgehead atoms. The van der Waals surface area contributed by atoms with Crippen LogP contribution in [0.25, 0.3) is 10.9 Å². The minimum Gasteiger partial charge on any atom is -0.462 e. The highest BCUT2D eigenvalue weighted by Crippen LogP contribution is 2.29. The van der Waals surface area contributed by atoms with Crippen LogP contribution < -0.4 is 4.90 Å². The minimum absolute atomic E-state index is 0.304. The summed E-state index contributed by atoms with van der Waals surface area (Å²) in [6.45, 7) is 6.10. The van der Waals surface area contributed by atoms with E-state index in [4.69, 9.17) is 9.26 Å². The summed E-state index contributed by atoms with van der Waals surface area (Å²) < 4.78 is 10.3. The van der Waals surface area contributed by atoms with Gasteiger partial charge in [-0.25, -0.2) is 9.78 Å². The highest BCUT2D eigenvalue weighted by molar-refractivity contribution is 6.02. The Morgan fingerprint density at radius 3 is 2.68 bits per heavy atom. The van der Waals surface area contributed by atoms with Gasteiger partial charge < -0.3 is 14.2 Å². The van der Waals surface area contributed by atoms with Crippen molar-refractivity contribution in [3.8, 4) is 0 Å². The van der Waals surface area contributed by atoms with E-state index in [1.54, 1.807) is 13.8 Å². The quantitative estimate of drug-likeness (QED) is 0.660. The van der Waals surface area contributed by atoms with E-state index >= 15 is 0 Å². The fourth-order valence-corrected chi connectivity index (χ4v) is 2.78. The summed E-state index contributed by atoms with van der Waals surface area (Å²) in [5.74, 6) is 1.18. The summed E-state index contributed by atoms with van der Waals surface area (Å²) in [5.41, 5.74) is 2.12. The van der Waals surface area contributed by atoms with E-state index < -0.39 is 0 Å². The van der Waals surface area contributed by atoms with Crippen LogP contribution in [-0.2, 0) is 11.3 Å². The minimum atomic E-state index is -0.385. The number of carbonyl (C=O) groups is 1. The number of carbonyl (C=O) groups excluding carboxylic acids is 1. The molecule has 3 aromatic rings. The second-order valence-electron chi connectivity index (χ2n) is 5.76. The molecule has 0 saturated carbocycles. The summed E-state index contributed by atoms with van der Waals surface area (Å²) >= 11 is 0. The third-order valence-electron chi connectivity index (χ3n) is 3.92. The molecule has 0 spiro atoms. The van der Waals surface area contributed by atoms with E-state index in [0.29, 0.717) is 36.2 Å². The monoisotopic (exact) mass is 340 g/mol. The molecule has 0 atom stereocenters. The van der Waals surface area contributed by atoms with Crippen LogP contribution in [0.2, 0.25) is 0 Å². The summed E-state index contributed by atoms with van der Waals surface area (Å²) in [4.78, 5) is 23.3. The van der Waals surface area contributed by atoms with Gasteiger partial charge in [0.25, 0.3) is 0 Å². The first-order chi connectivity index (χ1) is 12.0. The van der Waals surface area contributed by atoms with Gasteiger partial charge in [-0.1, -0.05) is 23.4 Å². The lowest BCUT2D eigenvalue weighted by molar-refractivity contribution is 0.0526. The zero-order valence-corrected chi connectivity index (χ0v) is 14.7. The van der Waals surface area contributed by atoms with Crippen LogP contribution in [0.4, 0.5) is 5.82 Å². The van der Waals surface area contributed by atoms with Gasteiger partial charge in [0.05, 0.1) is 18.7 Å². The molecule has 1 aromatic carbocycles. The fraction of sp³-hybridized carbons (Fsp3) is 0.333. The van der Waals surface area contributed by atoms with E-state index in [1.165, 1.54) is 0 Å². The average molecular weight is 340 g/mol. The predicted molar refractivity (Wildman–Crippen MR) is 93.6 cm³/mol. The number of para-hydroxylation sites is 1. The first kappa shape index (κ1) is 16.9. The molecule has 2 heterocycles. The Labute approximate surface area is 145 Å². The molecule has 0 saturated heterocycles. The van der Waals surface area contributed by atoms with E-state index in [2.05, 4.69) is 15.1 Å². The maximum absolute atomic E-state index is 12.6. The zero-order valence-electron chi connectivity index (χ0n) is 14.7. The highest BCUT2D eigenvalue weighted by Gasteiger charge is 2.23. The van der Waals surface area contributed by atoms with E-state index in [-0.39, 0.29) is 5.97 Å². The maximum Gasteiger partial charge on any atom is 0.342 e. The summed E-state index contributed by atoms with van der Waals surface area (Å²) in [6, 6.07) is 7.72. The Bertz CT molecular complexity index is 920. The molecule has 0 fully saturated rings. The molecular formula is C18H20N4O3. The third kappa shape index (κ3) is 3.31. The van der Waals surface area contributed by atoms with Crippen molar-refractivity contribution in [3.63, 3.8) is 0 Å². The number of aromatic nitrogens is 3. The number of aryl methyl sites for hydroxylation is 2. The average Bonchev–Trinajstić information content (AvgIpc) is 2.99. The first-order valence-electron chi connectivity index (χ1n) is 8.08. The van der Waals surface area contributed by atoms with Crippen LogP contribution >= 0.6 is 0 Å². The number of ether oxygens (including phenoxy) is 1. The van der Waals surface area contributed by atoms with Gasteiger partial charge in [-0.15, -0.1) is 0 Å². The van der Waals surface area contributed by atoms with Crippen molar-refractivity contribution in [1.82, 2.24) is 15.1 Å². The molecule has 7 nitrogen and oxygen atoms in total. The van der Waals surface area contributed by atoms with Gasteiger partial charge in [-0.3, -0.25) is 0 Å². The fourth-order valence-electron chi connectivity index (χ4n) is 2.78. The number of hydrogen-bond donors (Lipinski definition) is 0. The summed E-state index contributed by atoms with van der Waals surface area (Å²) in [7, 11) is 1.84. The van der Waals surface area contributed by atoms with Crippen LogP contribution in [0.15, 0.2) is 28.8 Å². The van der Waals surface area contributed by atoms with Crippen LogP contribution in [0.1, 0.15) is 34.6 Å². The van der Waals surface area contributed by atoms with E-state index in [1.807, 2.05) is 43.1 Å². The molecular weight excluding hydrogens is 320 g/mol. The molecule has 0 amide bonds. The zero-order chi connectivity index (χ0) is 18.0. The largest absolute Gasteiger partial charge is 0.462 e. The smallest absolute Gasteiger partial charge is 0.342 e. The highest BCUT2D eigenvalue weighted by atomic mass is 16.5. The van der Waals surface area contributed by atoms with Crippen molar-refractivity contribution < 1.29 is 14.1 Å². The Kier molecular flexibility index (Phi) is 4.65. The van der Waals surface area contributed by atoms with Crippen molar-refractivity contribution in [2.24, 2.45) is 0 Å². The van der Waals surface area contributed by atoms with Gasteiger partial charge in [0.2, 0.25) is 5.89 Å². The number of benzene rings is 1. The molecule has 0 N–H and O–H groups in total. The maximum atomic E-state index is 12.6. The number of nitrogens with zero attached hydrogens (tertiary/aromatic N) is 4. The van der Waals surface area contributed by atoms with Crippen molar-refractivity contribution in [3.05, 3.63) is 47.1 Å².